The maximum Gasteiger partial charge on any atom is 0.348 e. The van der Waals surface area contributed by atoms with E-state index in [1.807, 2.05) is 38.1 Å². The number of benzene rings is 1. The number of hydrogen-bond acceptors (Lipinski definition) is 5. The molecule has 0 saturated carbocycles. The highest BCUT2D eigenvalue weighted by Crippen LogP contribution is 2.40. The van der Waals surface area contributed by atoms with E-state index in [0.29, 0.717) is 4.88 Å². The molecule has 5 nitrogen and oxygen atoms in total. The Morgan fingerprint density at radius 1 is 1.20 bits per heavy atom. The van der Waals surface area contributed by atoms with Crippen LogP contribution < -0.4 is 10.1 Å². The summed E-state index contributed by atoms with van der Waals surface area (Å²) in [6.07, 6.45) is 1.80. The lowest BCUT2D eigenvalue weighted by atomic mass is 9.91. The van der Waals surface area contributed by atoms with Gasteiger partial charge in [-0.2, -0.15) is 0 Å². The van der Waals surface area contributed by atoms with Crippen molar-refractivity contribution < 1.29 is 19.1 Å². The number of esters is 1. The lowest BCUT2D eigenvalue weighted by Crippen LogP contribution is -2.33. The van der Waals surface area contributed by atoms with E-state index in [1.54, 1.807) is 7.11 Å². The molecule has 1 aromatic heterocycles. The van der Waals surface area contributed by atoms with Gasteiger partial charge in [-0.25, -0.2) is 4.79 Å². The fourth-order valence-corrected chi connectivity index (χ4v) is 4.07. The number of thiophene rings is 1. The summed E-state index contributed by atoms with van der Waals surface area (Å²) in [5.41, 5.74) is 3.52. The molecule has 0 spiro atoms. The summed E-state index contributed by atoms with van der Waals surface area (Å²) in [6, 6.07) is 7.92. The van der Waals surface area contributed by atoms with Crippen LogP contribution in [0.5, 0.6) is 5.75 Å². The van der Waals surface area contributed by atoms with Crippen molar-refractivity contribution in [1.82, 2.24) is 5.32 Å². The molecule has 3 rings (SSSR count). The van der Waals surface area contributed by atoms with E-state index in [9.17, 15) is 9.59 Å². The fraction of sp³-hybridized carbons (Fsp3) is 0.368. The SMILES string of the molecule is COc1ccc2c(c1)CCc1cc(C(=O)OCC(=O)NC(C)C)sc1-2. The number of nitrogens with one attached hydrogen (secondary N) is 1. The molecule has 6 heteroatoms. The molecule has 1 amide bonds. The molecule has 1 aliphatic rings. The highest BCUT2D eigenvalue weighted by atomic mass is 32.1. The topological polar surface area (TPSA) is 64.6 Å². The van der Waals surface area contributed by atoms with Gasteiger partial charge in [0.25, 0.3) is 5.91 Å². The zero-order chi connectivity index (χ0) is 18.0. The maximum atomic E-state index is 12.3. The van der Waals surface area contributed by atoms with Gasteiger partial charge in [0.15, 0.2) is 6.61 Å². The van der Waals surface area contributed by atoms with Crippen LogP contribution in [0.4, 0.5) is 0 Å². The first-order valence-electron chi connectivity index (χ1n) is 8.24. The molecule has 1 N–H and O–H groups in total. The van der Waals surface area contributed by atoms with Crippen molar-refractivity contribution >= 4 is 23.2 Å². The second kappa shape index (κ2) is 7.27. The van der Waals surface area contributed by atoms with Gasteiger partial charge in [0.1, 0.15) is 10.6 Å². The largest absolute Gasteiger partial charge is 0.497 e. The number of carbonyl (C=O) groups excluding carboxylic acids is 2. The predicted octanol–water partition coefficient (Wildman–Crippen LogP) is 3.20. The van der Waals surface area contributed by atoms with Gasteiger partial charge >= 0.3 is 5.97 Å². The monoisotopic (exact) mass is 359 g/mol. The third-order valence-corrected chi connectivity index (χ3v) is 5.21. The first-order valence-corrected chi connectivity index (χ1v) is 9.06. The molecule has 2 aromatic rings. The summed E-state index contributed by atoms with van der Waals surface area (Å²) >= 11 is 1.42. The fourth-order valence-electron chi connectivity index (χ4n) is 2.90. The van der Waals surface area contributed by atoms with E-state index >= 15 is 0 Å². The maximum absolute atomic E-state index is 12.3. The Bertz CT molecular complexity index is 810. The molecular formula is C19H21NO4S. The van der Waals surface area contributed by atoms with Gasteiger partial charge in [-0.3, -0.25) is 4.79 Å². The summed E-state index contributed by atoms with van der Waals surface area (Å²) in [5, 5.41) is 2.70. The molecule has 1 aliphatic carbocycles. The van der Waals surface area contributed by atoms with Crippen molar-refractivity contribution in [1.29, 1.82) is 0 Å². The van der Waals surface area contributed by atoms with E-state index < -0.39 is 5.97 Å². The average Bonchev–Trinajstić information content (AvgIpc) is 3.03. The quantitative estimate of drug-likeness (QED) is 0.833. The molecule has 25 heavy (non-hydrogen) atoms. The lowest BCUT2D eigenvalue weighted by Gasteiger charge is -2.16. The molecule has 0 aliphatic heterocycles. The molecule has 0 bridgehead atoms. The Kier molecular flexibility index (Phi) is 5.08. The molecule has 1 aromatic carbocycles. The van der Waals surface area contributed by atoms with E-state index in [0.717, 1.165) is 34.6 Å². The Labute approximate surface area is 151 Å². The number of aryl methyl sites for hydroxylation is 2. The third kappa shape index (κ3) is 3.85. The van der Waals surface area contributed by atoms with Crippen LogP contribution in [0.25, 0.3) is 10.4 Å². The summed E-state index contributed by atoms with van der Waals surface area (Å²) < 4.78 is 10.4. The van der Waals surface area contributed by atoms with Crippen molar-refractivity contribution in [2.24, 2.45) is 0 Å². The van der Waals surface area contributed by atoms with Crippen LogP contribution in [-0.4, -0.2) is 31.6 Å². The number of amides is 1. The van der Waals surface area contributed by atoms with E-state index in [2.05, 4.69) is 5.32 Å². The van der Waals surface area contributed by atoms with E-state index in [1.165, 1.54) is 16.9 Å². The summed E-state index contributed by atoms with van der Waals surface area (Å²) in [5.74, 6) is 0.102. The number of fused-ring (bicyclic) bond motifs is 3. The van der Waals surface area contributed by atoms with E-state index in [4.69, 9.17) is 9.47 Å². The van der Waals surface area contributed by atoms with Gasteiger partial charge in [-0.1, -0.05) is 0 Å². The average molecular weight is 359 g/mol. The molecule has 0 atom stereocenters. The minimum absolute atomic E-state index is 0.0220. The van der Waals surface area contributed by atoms with Gasteiger partial charge in [0, 0.05) is 10.9 Å². The molecular weight excluding hydrogens is 338 g/mol. The summed E-state index contributed by atoms with van der Waals surface area (Å²) in [7, 11) is 1.66. The highest BCUT2D eigenvalue weighted by molar-refractivity contribution is 7.17. The molecule has 0 radical (unpaired) electrons. The third-order valence-electron chi connectivity index (χ3n) is 4.01. The number of methoxy groups -OCH3 is 1. The van der Waals surface area contributed by atoms with Crippen LogP contribution in [0.2, 0.25) is 0 Å². The minimum atomic E-state index is -0.451. The first kappa shape index (κ1) is 17.5. The van der Waals surface area contributed by atoms with Crippen LogP contribution in [0, 0.1) is 0 Å². The number of carbonyl (C=O) groups is 2. The van der Waals surface area contributed by atoms with Crippen molar-refractivity contribution in [2.45, 2.75) is 32.7 Å². The van der Waals surface area contributed by atoms with Gasteiger partial charge in [-0.05, 0) is 67.6 Å². The Morgan fingerprint density at radius 3 is 2.68 bits per heavy atom. The lowest BCUT2D eigenvalue weighted by molar-refractivity contribution is -0.124. The molecule has 0 saturated heterocycles. The smallest absolute Gasteiger partial charge is 0.348 e. The predicted molar refractivity (Wildman–Crippen MR) is 97.3 cm³/mol. The Balaban J connectivity index is 1.75. The Morgan fingerprint density at radius 2 is 1.96 bits per heavy atom. The number of rotatable bonds is 5. The molecule has 0 fully saturated rings. The minimum Gasteiger partial charge on any atom is -0.497 e. The van der Waals surface area contributed by atoms with Crippen LogP contribution in [0.15, 0.2) is 24.3 Å². The highest BCUT2D eigenvalue weighted by Gasteiger charge is 2.23. The summed E-state index contributed by atoms with van der Waals surface area (Å²) in [6.45, 7) is 3.46. The first-order chi connectivity index (χ1) is 12.0. The van der Waals surface area contributed by atoms with Gasteiger partial charge in [0.2, 0.25) is 0 Å². The van der Waals surface area contributed by atoms with Gasteiger partial charge in [-0.15, -0.1) is 11.3 Å². The second-order valence-electron chi connectivity index (χ2n) is 6.29. The molecule has 132 valence electrons. The van der Waals surface area contributed by atoms with Crippen LogP contribution in [0.3, 0.4) is 0 Å². The summed E-state index contributed by atoms with van der Waals surface area (Å²) in [4.78, 5) is 25.5. The zero-order valence-electron chi connectivity index (χ0n) is 14.5. The standard InChI is InChI=1S/C19H21NO4S/c1-11(2)20-17(21)10-24-19(22)16-9-13-5-4-12-8-14(23-3)6-7-15(12)18(13)25-16/h6-9,11H,4-5,10H2,1-3H3,(H,20,21). The van der Waals surface area contributed by atoms with Crippen LogP contribution in [-0.2, 0) is 22.4 Å². The van der Waals surface area contributed by atoms with Gasteiger partial charge in [0.05, 0.1) is 7.11 Å². The van der Waals surface area contributed by atoms with Crippen molar-refractivity contribution in [3.05, 3.63) is 40.3 Å². The van der Waals surface area contributed by atoms with Crippen molar-refractivity contribution in [3.63, 3.8) is 0 Å². The van der Waals surface area contributed by atoms with Crippen LogP contribution in [0.1, 0.15) is 34.6 Å². The van der Waals surface area contributed by atoms with E-state index in [-0.39, 0.29) is 18.6 Å². The Hall–Kier alpha value is -2.34. The molecule has 1 heterocycles. The molecule has 0 unspecified atom stereocenters. The van der Waals surface area contributed by atoms with Crippen molar-refractivity contribution in [2.75, 3.05) is 13.7 Å². The number of hydrogen-bond donors (Lipinski definition) is 1. The second-order valence-corrected chi connectivity index (χ2v) is 7.34. The zero-order valence-corrected chi connectivity index (χ0v) is 15.4. The normalized spacial score (nSPS) is 12.3. The number of ether oxygens (including phenoxy) is 2. The van der Waals surface area contributed by atoms with Crippen molar-refractivity contribution in [3.8, 4) is 16.2 Å². The van der Waals surface area contributed by atoms with Gasteiger partial charge < -0.3 is 14.8 Å². The van der Waals surface area contributed by atoms with Crippen LogP contribution >= 0.6 is 11.3 Å².